The van der Waals surface area contributed by atoms with Gasteiger partial charge in [0.2, 0.25) is 0 Å². The van der Waals surface area contributed by atoms with Gasteiger partial charge in [-0.05, 0) is 75.1 Å². The molecule has 0 aliphatic carbocycles. The molecule has 2 aromatic carbocycles. The number of nitrogens with zero attached hydrogens (tertiary/aromatic N) is 2. The molecule has 0 spiro atoms. The highest BCUT2D eigenvalue weighted by Gasteiger charge is 2.24. The van der Waals surface area contributed by atoms with E-state index in [4.69, 9.17) is 23.7 Å². The number of hydrogen-bond donors (Lipinski definition) is 2. The summed E-state index contributed by atoms with van der Waals surface area (Å²) in [5.74, 6) is -2.49. The van der Waals surface area contributed by atoms with Crippen LogP contribution in [0.3, 0.4) is 0 Å². The number of carbonyl (C=O) groups excluding carboxylic acids is 4. The van der Waals surface area contributed by atoms with Crippen LogP contribution in [0.4, 0.5) is 17.1 Å². The fraction of sp³-hybridized carbons (Fsp3) is 0.400. The number of amides is 2. The molecule has 2 N–H and O–H groups in total. The van der Waals surface area contributed by atoms with Crippen LogP contribution in [0.2, 0.25) is 0 Å². The SMILES string of the molecule is COC(=O)c1ccc(NC(=O)c2ccc(NC(=O)c3ccc([N+](=O)[O-])c(OCC(=O)OC(C)(C)C)n3)c(OCC(C)C)c2)c(OCC(C)C)c1. The van der Waals surface area contributed by atoms with Crippen LogP contribution in [0.25, 0.3) is 0 Å². The van der Waals surface area contributed by atoms with Gasteiger partial charge < -0.3 is 34.3 Å². The van der Waals surface area contributed by atoms with Crippen molar-refractivity contribution in [2.24, 2.45) is 11.8 Å². The van der Waals surface area contributed by atoms with Crippen molar-refractivity contribution in [2.75, 3.05) is 37.6 Å². The Labute approximate surface area is 289 Å². The molecule has 0 saturated heterocycles. The zero-order valence-corrected chi connectivity index (χ0v) is 29.3. The molecular weight excluding hydrogens is 652 g/mol. The fourth-order valence-electron chi connectivity index (χ4n) is 4.07. The number of carbonyl (C=O) groups is 4. The maximum Gasteiger partial charge on any atom is 0.344 e. The number of nitro groups is 1. The van der Waals surface area contributed by atoms with Gasteiger partial charge in [0, 0.05) is 11.6 Å². The second-order valence-corrected chi connectivity index (χ2v) is 12.9. The van der Waals surface area contributed by atoms with E-state index < -0.39 is 52.5 Å². The molecule has 15 heteroatoms. The number of nitrogens with one attached hydrogen (secondary N) is 2. The smallest absolute Gasteiger partial charge is 0.344 e. The molecule has 2 amide bonds. The first-order chi connectivity index (χ1) is 23.5. The van der Waals surface area contributed by atoms with E-state index in [0.717, 1.165) is 12.1 Å². The Balaban J connectivity index is 1.88. The first-order valence-electron chi connectivity index (χ1n) is 15.7. The summed E-state index contributed by atoms with van der Waals surface area (Å²) < 4.78 is 27.1. The summed E-state index contributed by atoms with van der Waals surface area (Å²) in [5, 5.41) is 17.0. The Hall–Kier alpha value is -5.73. The minimum Gasteiger partial charge on any atom is -0.491 e. The van der Waals surface area contributed by atoms with Crippen LogP contribution in [0, 0.1) is 22.0 Å². The number of rotatable bonds is 15. The van der Waals surface area contributed by atoms with Gasteiger partial charge in [0.1, 0.15) is 22.8 Å². The van der Waals surface area contributed by atoms with E-state index >= 15 is 0 Å². The van der Waals surface area contributed by atoms with Gasteiger partial charge in [0.25, 0.3) is 17.7 Å². The zero-order chi connectivity index (χ0) is 37.2. The van der Waals surface area contributed by atoms with Crippen molar-refractivity contribution in [1.82, 2.24) is 4.98 Å². The van der Waals surface area contributed by atoms with Crippen LogP contribution in [-0.2, 0) is 14.3 Å². The van der Waals surface area contributed by atoms with E-state index in [1.54, 1.807) is 20.8 Å². The number of hydrogen-bond acceptors (Lipinski definition) is 12. The van der Waals surface area contributed by atoms with Crippen molar-refractivity contribution in [1.29, 1.82) is 0 Å². The van der Waals surface area contributed by atoms with Gasteiger partial charge in [0.05, 0.1) is 42.2 Å². The molecule has 0 unspecified atom stereocenters. The molecule has 3 aromatic rings. The van der Waals surface area contributed by atoms with Crippen LogP contribution in [0.1, 0.15) is 79.7 Å². The molecule has 1 aromatic heterocycles. The number of aromatic nitrogens is 1. The van der Waals surface area contributed by atoms with Crippen LogP contribution in [-0.4, -0.2) is 66.2 Å². The minimum absolute atomic E-state index is 0.0889. The van der Waals surface area contributed by atoms with Crippen molar-refractivity contribution in [3.05, 3.63) is 75.5 Å². The topological polar surface area (TPSA) is 195 Å². The summed E-state index contributed by atoms with van der Waals surface area (Å²) in [5.41, 5.74) is -0.686. The lowest BCUT2D eigenvalue weighted by atomic mass is 10.1. The summed E-state index contributed by atoms with van der Waals surface area (Å²) in [6, 6.07) is 11.1. The van der Waals surface area contributed by atoms with Gasteiger partial charge in [0.15, 0.2) is 6.61 Å². The first-order valence-corrected chi connectivity index (χ1v) is 15.7. The van der Waals surface area contributed by atoms with Crippen LogP contribution < -0.4 is 24.8 Å². The molecule has 0 saturated carbocycles. The molecule has 0 aliphatic rings. The summed E-state index contributed by atoms with van der Waals surface area (Å²) >= 11 is 0. The Bertz CT molecular complexity index is 1730. The average Bonchev–Trinajstić information content (AvgIpc) is 3.04. The van der Waals surface area contributed by atoms with Gasteiger partial charge >= 0.3 is 17.6 Å². The van der Waals surface area contributed by atoms with Crippen molar-refractivity contribution in [2.45, 2.75) is 54.1 Å². The number of methoxy groups -OCH3 is 1. The maximum absolute atomic E-state index is 13.4. The summed E-state index contributed by atoms with van der Waals surface area (Å²) in [6.45, 7) is 12.6. The molecule has 0 aliphatic heterocycles. The van der Waals surface area contributed by atoms with E-state index in [1.165, 1.54) is 43.5 Å². The van der Waals surface area contributed by atoms with Crippen molar-refractivity contribution >= 4 is 40.8 Å². The van der Waals surface area contributed by atoms with E-state index in [-0.39, 0.29) is 52.4 Å². The normalized spacial score (nSPS) is 11.1. The van der Waals surface area contributed by atoms with Gasteiger partial charge in [-0.3, -0.25) is 19.7 Å². The van der Waals surface area contributed by atoms with Crippen molar-refractivity contribution < 1.29 is 47.8 Å². The third-order valence-corrected chi connectivity index (χ3v) is 6.30. The number of pyridine rings is 1. The molecule has 15 nitrogen and oxygen atoms in total. The van der Waals surface area contributed by atoms with Crippen LogP contribution in [0.15, 0.2) is 48.5 Å². The summed E-state index contributed by atoms with van der Waals surface area (Å²) in [7, 11) is 1.26. The second kappa shape index (κ2) is 17.1. The lowest BCUT2D eigenvalue weighted by Crippen LogP contribution is -2.27. The molecule has 1 heterocycles. The molecule has 0 radical (unpaired) electrons. The van der Waals surface area contributed by atoms with Crippen molar-refractivity contribution in [3.8, 4) is 17.4 Å². The van der Waals surface area contributed by atoms with Gasteiger partial charge in [-0.1, -0.05) is 27.7 Å². The van der Waals surface area contributed by atoms with E-state index in [0.29, 0.717) is 12.3 Å². The van der Waals surface area contributed by atoms with Crippen LogP contribution in [0.5, 0.6) is 17.4 Å². The predicted molar refractivity (Wildman–Crippen MR) is 183 cm³/mol. The van der Waals surface area contributed by atoms with E-state index in [1.807, 2.05) is 27.7 Å². The Morgan fingerprint density at radius 3 is 1.86 bits per heavy atom. The van der Waals surface area contributed by atoms with Gasteiger partial charge in [-0.2, -0.15) is 0 Å². The van der Waals surface area contributed by atoms with E-state index in [2.05, 4.69) is 15.6 Å². The molecule has 0 fully saturated rings. The molecule has 268 valence electrons. The second-order valence-electron chi connectivity index (χ2n) is 12.9. The molecule has 3 rings (SSSR count). The highest BCUT2D eigenvalue weighted by Crippen LogP contribution is 2.31. The standard InChI is InChI=1S/C35H42N4O11/c1-20(2)17-47-28-15-22(31(41)36-24-12-10-23(34(43)46-8)16-29(24)48-18-21(3)4)9-11-25(28)37-32(42)26-13-14-27(39(44)45)33(38-26)49-19-30(40)50-35(5,6)7/h9-16,20-21H,17-19H2,1-8H3,(H,36,41)(H,37,42). The molecule has 50 heavy (non-hydrogen) atoms. The van der Waals surface area contributed by atoms with Crippen molar-refractivity contribution in [3.63, 3.8) is 0 Å². The quantitative estimate of drug-likeness (QED) is 0.106. The molecular formula is C35H42N4O11. The van der Waals surface area contributed by atoms with Crippen LogP contribution >= 0.6 is 0 Å². The average molecular weight is 695 g/mol. The number of benzene rings is 2. The van der Waals surface area contributed by atoms with E-state index in [9.17, 15) is 29.3 Å². The third-order valence-electron chi connectivity index (χ3n) is 6.30. The zero-order valence-electron chi connectivity index (χ0n) is 29.3. The lowest BCUT2D eigenvalue weighted by molar-refractivity contribution is -0.386. The Morgan fingerprint density at radius 2 is 1.34 bits per heavy atom. The highest BCUT2D eigenvalue weighted by atomic mass is 16.6. The summed E-state index contributed by atoms with van der Waals surface area (Å²) in [6.07, 6.45) is 0. The lowest BCUT2D eigenvalue weighted by Gasteiger charge is -2.19. The maximum atomic E-state index is 13.4. The summed E-state index contributed by atoms with van der Waals surface area (Å²) in [4.78, 5) is 65.7. The fourth-order valence-corrected chi connectivity index (χ4v) is 4.07. The molecule has 0 bridgehead atoms. The predicted octanol–water partition coefficient (Wildman–Crippen LogP) is 6.07. The Kier molecular flexibility index (Phi) is 13.2. The monoisotopic (exact) mass is 694 g/mol. The minimum atomic E-state index is -0.810. The number of anilines is 2. The molecule has 0 atom stereocenters. The number of ether oxygens (including phenoxy) is 5. The van der Waals surface area contributed by atoms with Gasteiger partial charge in [-0.15, -0.1) is 0 Å². The third kappa shape index (κ3) is 11.5. The first kappa shape index (κ1) is 38.7. The Morgan fingerprint density at radius 1 is 0.800 bits per heavy atom. The largest absolute Gasteiger partial charge is 0.491 e. The number of esters is 2. The van der Waals surface area contributed by atoms with Gasteiger partial charge in [-0.25, -0.2) is 14.6 Å². The highest BCUT2D eigenvalue weighted by molar-refractivity contribution is 6.07.